The van der Waals surface area contributed by atoms with Crippen LogP contribution in [0.15, 0.2) is 30.5 Å². The van der Waals surface area contributed by atoms with Gasteiger partial charge in [0.1, 0.15) is 0 Å². The van der Waals surface area contributed by atoms with E-state index in [1.807, 2.05) is 18.2 Å². The van der Waals surface area contributed by atoms with Crippen molar-refractivity contribution in [3.8, 4) is 0 Å². The molecule has 3 N–H and O–H groups in total. The second-order valence-corrected chi connectivity index (χ2v) is 3.87. The van der Waals surface area contributed by atoms with Gasteiger partial charge in [0.2, 0.25) is 5.91 Å². The molecule has 0 aliphatic rings. The summed E-state index contributed by atoms with van der Waals surface area (Å²) in [5.41, 5.74) is 6.37. The smallest absolute Gasteiger partial charge is 0.256 e. The minimum absolute atomic E-state index is 0.0874. The molecular formula is C12H13N3O2. The number of hydrogen-bond acceptors (Lipinski definition) is 2. The molecule has 88 valence electrons. The molecule has 1 heterocycles. The third kappa shape index (κ3) is 2.13. The van der Waals surface area contributed by atoms with Crippen LogP contribution in [0.25, 0.3) is 10.9 Å². The van der Waals surface area contributed by atoms with Gasteiger partial charge in [0, 0.05) is 18.6 Å². The van der Waals surface area contributed by atoms with E-state index >= 15 is 0 Å². The number of nitrogens with two attached hydrogens (primary N) is 1. The minimum atomic E-state index is -0.528. The molecule has 1 aromatic carbocycles. The van der Waals surface area contributed by atoms with Crippen LogP contribution in [-0.4, -0.2) is 35.3 Å². The van der Waals surface area contributed by atoms with Gasteiger partial charge < -0.3 is 15.6 Å². The third-order valence-corrected chi connectivity index (χ3v) is 2.56. The Labute approximate surface area is 98.2 Å². The standard InChI is InChI=1S/C12H13N3O2/c1-15(7-10(13)16)12(17)9-4-2-3-8-5-6-14-11(8)9/h2-6,14H,7H2,1H3,(H2,13,16). The lowest BCUT2D eigenvalue weighted by Crippen LogP contribution is -2.35. The molecule has 0 spiro atoms. The van der Waals surface area contributed by atoms with Crippen molar-refractivity contribution >= 4 is 22.7 Å². The van der Waals surface area contributed by atoms with Gasteiger partial charge in [-0.1, -0.05) is 12.1 Å². The van der Waals surface area contributed by atoms with Gasteiger partial charge in [-0.3, -0.25) is 9.59 Å². The van der Waals surface area contributed by atoms with Crippen LogP contribution in [-0.2, 0) is 4.79 Å². The average molecular weight is 231 g/mol. The quantitative estimate of drug-likeness (QED) is 0.816. The van der Waals surface area contributed by atoms with Crippen molar-refractivity contribution < 1.29 is 9.59 Å². The van der Waals surface area contributed by atoms with Gasteiger partial charge in [0.05, 0.1) is 17.6 Å². The Kier molecular flexibility index (Phi) is 2.82. The number of carbonyl (C=O) groups is 2. The maximum Gasteiger partial charge on any atom is 0.256 e. The summed E-state index contributed by atoms with van der Waals surface area (Å²) in [7, 11) is 1.55. The number of aromatic nitrogens is 1. The van der Waals surface area contributed by atoms with Crippen molar-refractivity contribution in [3.63, 3.8) is 0 Å². The summed E-state index contributed by atoms with van der Waals surface area (Å²) in [5.74, 6) is -0.753. The van der Waals surface area contributed by atoms with Gasteiger partial charge in [0.25, 0.3) is 5.91 Å². The van der Waals surface area contributed by atoms with E-state index in [1.54, 1.807) is 19.3 Å². The fourth-order valence-corrected chi connectivity index (χ4v) is 1.77. The normalized spacial score (nSPS) is 10.4. The molecule has 0 aliphatic heterocycles. The lowest BCUT2D eigenvalue weighted by Gasteiger charge is -2.15. The molecule has 1 aromatic heterocycles. The zero-order valence-electron chi connectivity index (χ0n) is 9.43. The predicted molar refractivity (Wildman–Crippen MR) is 64.5 cm³/mol. The fourth-order valence-electron chi connectivity index (χ4n) is 1.77. The maximum atomic E-state index is 12.1. The van der Waals surface area contributed by atoms with Crippen molar-refractivity contribution in [2.45, 2.75) is 0 Å². The van der Waals surface area contributed by atoms with Crippen LogP contribution in [0.4, 0.5) is 0 Å². The highest BCUT2D eigenvalue weighted by atomic mass is 16.2. The van der Waals surface area contributed by atoms with Crippen molar-refractivity contribution in [2.75, 3.05) is 13.6 Å². The first-order chi connectivity index (χ1) is 8.09. The molecule has 0 radical (unpaired) electrons. The average Bonchev–Trinajstić information content (AvgIpc) is 2.74. The van der Waals surface area contributed by atoms with Crippen molar-refractivity contribution in [1.29, 1.82) is 0 Å². The molecule has 17 heavy (non-hydrogen) atoms. The molecule has 0 atom stereocenters. The maximum absolute atomic E-state index is 12.1. The van der Waals surface area contributed by atoms with Gasteiger partial charge in [0.15, 0.2) is 0 Å². The van der Waals surface area contributed by atoms with Gasteiger partial charge in [-0.05, 0) is 12.1 Å². The number of benzene rings is 1. The van der Waals surface area contributed by atoms with Crippen LogP contribution < -0.4 is 5.73 Å². The zero-order chi connectivity index (χ0) is 12.4. The number of fused-ring (bicyclic) bond motifs is 1. The van der Waals surface area contributed by atoms with Gasteiger partial charge in [-0.2, -0.15) is 0 Å². The number of nitrogens with one attached hydrogen (secondary N) is 1. The Bertz CT molecular complexity index is 574. The Morgan fingerprint density at radius 1 is 1.35 bits per heavy atom. The number of likely N-dealkylation sites (N-methyl/N-ethyl adjacent to an activating group) is 1. The first-order valence-electron chi connectivity index (χ1n) is 5.19. The minimum Gasteiger partial charge on any atom is -0.368 e. The number of para-hydroxylation sites is 1. The summed E-state index contributed by atoms with van der Waals surface area (Å²) in [4.78, 5) is 27.2. The summed E-state index contributed by atoms with van der Waals surface area (Å²) < 4.78 is 0. The number of carbonyl (C=O) groups excluding carboxylic acids is 2. The predicted octanol–water partition coefficient (Wildman–Crippen LogP) is 0.725. The van der Waals surface area contributed by atoms with E-state index in [2.05, 4.69) is 4.98 Å². The van der Waals surface area contributed by atoms with E-state index in [0.717, 1.165) is 10.9 Å². The van der Waals surface area contributed by atoms with Crippen LogP contribution >= 0.6 is 0 Å². The molecule has 0 fully saturated rings. The number of hydrogen-bond donors (Lipinski definition) is 2. The van der Waals surface area contributed by atoms with Crippen molar-refractivity contribution in [1.82, 2.24) is 9.88 Å². The lowest BCUT2D eigenvalue weighted by molar-refractivity contribution is -0.118. The molecule has 2 aromatic rings. The Hall–Kier alpha value is -2.30. The molecular weight excluding hydrogens is 218 g/mol. The summed E-state index contributed by atoms with van der Waals surface area (Å²) >= 11 is 0. The molecule has 2 amide bonds. The van der Waals surface area contributed by atoms with Gasteiger partial charge >= 0.3 is 0 Å². The van der Waals surface area contributed by atoms with Crippen LogP contribution in [0.2, 0.25) is 0 Å². The summed E-state index contributed by atoms with van der Waals surface area (Å²) in [6.45, 7) is -0.0874. The number of amides is 2. The number of H-pyrrole nitrogens is 1. The van der Waals surface area contributed by atoms with E-state index in [4.69, 9.17) is 5.73 Å². The van der Waals surface area contributed by atoms with E-state index < -0.39 is 5.91 Å². The Morgan fingerprint density at radius 3 is 2.82 bits per heavy atom. The van der Waals surface area contributed by atoms with Crippen molar-refractivity contribution in [3.05, 3.63) is 36.0 Å². The number of nitrogens with zero attached hydrogens (tertiary/aromatic N) is 1. The topological polar surface area (TPSA) is 79.2 Å². The van der Waals surface area contributed by atoms with E-state index in [-0.39, 0.29) is 12.5 Å². The monoisotopic (exact) mass is 231 g/mol. The lowest BCUT2D eigenvalue weighted by atomic mass is 10.1. The fraction of sp³-hybridized carbons (Fsp3) is 0.167. The SMILES string of the molecule is CN(CC(N)=O)C(=O)c1cccc2cc[nH]c12. The van der Waals surface area contributed by atoms with Gasteiger partial charge in [-0.25, -0.2) is 0 Å². The highest BCUT2D eigenvalue weighted by molar-refractivity contribution is 6.06. The molecule has 0 saturated heterocycles. The molecule has 2 rings (SSSR count). The molecule has 0 bridgehead atoms. The summed E-state index contributed by atoms with van der Waals surface area (Å²) in [6, 6.07) is 7.33. The van der Waals surface area contributed by atoms with Crippen molar-refractivity contribution in [2.24, 2.45) is 5.73 Å². The number of aromatic amines is 1. The Morgan fingerprint density at radius 2 is 2.12 bits per heavy atom. The molecule has 0 unspecified atom stereocenters. The molecule has 0 aliphatic carbocycles. The summed E-state index contributed by atoms with van der Waals surface area (Å²) in [6.07, 6.45) is 1.77. The third-order valence-electron chi connectivity index (χ3n) is 2.56. The molecule has 5 heteroatoms. The molecule has 0 saturated carbocycles. The summed E-state index contributed by atoms with van der Waals surface area (Å²) in [5, 5.41) is 0.961. The van der Waals surface area contributed by atoms with E-state index in [0.29, 0.717) is 5.56 Å². The van der Waals surface area contributed by atoms with E-state index in [9.17, 15) is 9.59 Å². The second kappa shape index (κ2) is 4.29. The van der Waals surface area contributed by atoms with Gasteiger partial charge in [-0.15, -0.1) is 0 Å². The van der Waals surface area contributed by atoms with Crippen LogP contribution in [0.3, 0.4) is 0 Å². The number of primary amides is 1. The van der Waals surface area contributed by atoms with E-state index in [1.165, 1.54) is 4.90 Å². The van der Waals surface area contributed by atoms with Crippen LogP contribution in [0.1, 0.15) is 10.4 Å². The highest BCUT2D eigenvalue weighted by Crippen LogP contribution is 2.18. The van der Waals surface area contributed by atoms with Crippen LogP contribution in [0.5, 0.6) is 0 Å². The Balaban J connectivity index is 2.36. The second-order valence-electron chi connectivity index (χ2n) is 3.87. The first-order valence-corrected chi connectivity index (χ1v) is 5.19. The van der Waals surface area contributed by atoms with Crippen LogP contribution in [0, 0.1) is 0 Å². The number of rotatable bonds is 3. The highest BCUT2D eigenvalue weighted by Gasteiger charge is 2.16. The zero-order valence-corrected chi connectivity index (χ0v) is 9.43. The largest absolute Gasteiger partial charge is 0.368 e. The molecule has 5 nitrogen and oxygen atoms in total. The first kappa shape index (κ1) is 11.2.